The Hall–Kier alpha value is -2.44. The number of carbonyl (C=O) groups excluding carboxylic acids is 2. The van der Waals surface area contributed by atoms with E-state index >= 15 is 0 Å². The summed E-state index contributed by atoms with van der Waals surface area (Å²) in [6.45, 7) is 3.55. The van der Waals surface area contributed by atoms with Gasteiger partial charge in [-0.15, -0.1) is 0 Å². The van der Waals surface area contributed by atoms with Crippen LogP contribution in [0.3, 0.4) is 0 Å². The van der Waals surface area contributed by atoms with Crippen molar-refractivity contribution in [2.75, 3.05) is 20.7 Å². The van der Waals surface area contributed by atoms with Crippen LogP contribution in [0.1, 0.15) is 21.7 Å². The van der Waals surface area contributed by atoms with E-state index in [-0.39, 0.29) is 12.5 Å². The van der Waals surface area contributed by atoms with E-state index in [4.69, 9.17) is 0 Å². The fourth-order valence-electron chi connectivity index (χ4n) is 1.91. The Kier molecular flexibility index (Phi) is 3.69. The molecule has 0 saturated heterocycles. The van der Waals surface area contributed by atoms with Crippen LogP contribution in [-0.2, 0) is 9.53 Å². The number of fused-ring (bicyclic) bond motifs is 1. The van der Waals surface area contributed by atoms with Crippen LogP contribution in [0.25, 0.3) is 5.65 Å². The zero-order valence-electron chi connectivity index (χ0n) is 11.9. The van der Waals surface area contributed by atoms with Gasteiger partial charge in [0.2, 0.25) is 0 Å². The van der Waals surface area contributed by atoms with E-state index in [0.29, 0.717) is 16.9 Å². The van der Waals surface area contributed by atoms with Gasteiger partial charge in [0.15, 0.2) is 5.65 Å². The Labute approximate surface area is 116 Å². The predicted octanol–water partition coefficient (Wildman–Crippen LogP) is 0.591. The first-order chi connectivity index (χ1) is 9.43. The van der Waals surface area contributed by atoms with E-state index in [9.17, 15) is 9.59 Å². The first-order valence-electron chi connectivity index (χ1n) is 6.08. The Bertz CT molecular complexity index is 678. The highest BCUT2D eigenvalue weighted by Crippen LogP contribution is 2.12. The molecule has 0 aliphatic carbocycles. The number of nitrogens with zero attached hydrogens (tertiary/aromatic N) is 4. The molecule has 0 aliphatic rings. The minimum atomic E-state index is -0.470. The molecule has 0 fully saturated rings. The van der Waals surface area contributed by atoms with E-state index in [0.717, 1.165) is 5.69 Å². The minimum Gasteiger partial charge on any atom is -0.468 e. The van der Waals surface area contributed by atoms with Crippen molar-refractivity contribution in [3.8, 4) is 0 Å². The van der Waals surface area contributed by atoms with Crippen molar-refractivity contribution in [3.05, 3.63) is 29.2 Å². The molecule has 7 heteroatoms. The lowest BCUT2D eigenvalue weighted by molar-refractivity contribution is -0.141. The van der Waals surface area contributed by atoms with Crippen molar-refractivity contribution >= 4 is 17.5 Å². The number of likely N-dealkylation sites (N-methyl/N-ethyl adjacent to an activating group) is 1. The summed E-state index contributed by atoms with van der Waals surface area (Å²) in [7, 11) is 2.82. The second kappa shape index (κ2) is 5.28. The van der Waals surface area contributed by atoms with Crippen molar-refractivity contribution in [1.82, 2.24) is 19.5 Å². The van der Waals surface area contributed by atoms with Crippen LogP contribution >= 0.6 is 0 Å². The molecule has 106 valence electrons. The maximum absolute atomic E-state index is 12.3. The van der Waals surface area contributed by atoms with Gasteiger partial charge in [-0.3, -0.25) is 9.59 Å². The van der Waals surface area contributed by atoms with E-state index in [2.05, 4.69) is 14.8 Å². The normalized spacial score (nSPS) is 10.6. The summed E-state index contributed by atoms with van der Waals surface area (Å²) in [5.41, 5.74) is 2.61. The molecule has 0 aromatic carbocycles. The summed E-state index contributed by atoms with van der Waals surface area (Å²) >= 11 is 0. The van der Waals surface area contributed by atoms with Gasteiger partial charge in [-0.25, -0.2) is 9.50 Å². The van der Waals surface area contributed by atoms with Crippen LogP contribution in [-0.4, -0.2) is 52.1 Å². The number of methoxy groups -OCH3 is 1. The molecular weight excluding hydrogens is 260 g/mol. The SMILES string of the molecule is COC(=O)CN(C)C(=O)c1cnc2cc(C)nn2c1C. The van der Waals surface area contributed by atoms with Gasteiger partial charge < -0.3 is 9.64 Å². The number of aromatic nitrogens is 3. The second-order valence-corrected chi connectivity index (χ2v) is 4.55. The molecule has 0 radical (unpaired) electrons. The van der Waals surface area contributed by atoms with Crippen molar-refractivity contribution < 1.29 is 14.3 Å². The molecule has 2 aromatic heterocycles. The topological polar surface area (TPSA) is 76.8 Å². The molecule has 0 N–H and O–H groups in total. The standard InChI is InChI=1S/C13H16N4O3/c1-8-5-11-14-6-10(9(2)17(11)15-8)13(19)16(3)7-12(18)20-4/h5-6H,7H2,1-4H3. The minimum absolute atomic E-state index is 0.106. The summed E-state index contributed by atoms with van der Waals surface area (Å²) in [5, 5.41) is 4.28. The van der Waals surface area contributed by atoms with E-state index in [1.807, 2.05) is 13.0 Å². The second-order valence-electron chi connectivity index (χ2n) is 4.55. The Morgan fingerprint density at radius 3 is 2.75 bits per heavy atom. The number of carbonyl (C=O) groups is 2. The Balaban J connectivity index is 2.34. The van der Waals surface area contributed by atoms with Gasteiger partial charge in [-0.2, -0.15) is 5.10 Å². The lowest BCUT2D eigenvalue weighted by atomic mass is 10.2. The van der Waals surface area contributed by atoms with Crippen LogP contribution in [0.4, 0.5) is 0 Å². The van der Waals surface area contributed by atoms with Crippen LogP contribution in [0.2, 0.25) is 0 Å². The van der Waals surface area contributed by atoms with Crippen LogP contribution in [0.5, 0.6) is 0 Å². The first-order valence-corrected chi connectivity index (χ1v) is 6.08. The molecule has 0 spiro atoms. The maximum Gasteiger partial charge on any atom is 0.325 e. The fourth-order valence-corrected chi connectivity index (χ4v) is 1.91. The third kappa shape index (κ3) is 2.47. The number of rotatable bonds is 3. The third-order valence-electron chi connectivity index (χ3n) is 3.02. The molecule has 2 aromatic rings. The van der Waals surface area contributed by atoms with Gasteiger partial charge in [0.05, 0.1) is 24.1 Å². The predicted molar refractivity (Wildman–Crippen MR) is 71.4 cm³/mol. The molecule has 0 aliphatic heterocycles. The first kappa shape index (κ1) is 14.0. The van der Waals surface area contributed by atoms with Crippen molar-refractivity contribution in [3.63, 3.8) is 0 Å². The van der Waals surface area contributed by atoms with Crippen molar-refractivity contribution in [2.45, 2.75) is 13.8 Å². The zero-order valence-corrected chi connectivity index (χ0v) is 11.9. The lowest BCUT2D eigenvalue weighted by Gasteiger charge is -2.16. The van der Waals surface area contributed by atoms with E-state index < -0.39 is 5.97 Å². The fraction of sp³-hybridized carbons (Fsp3) is 0.385. The Morgan fingerprint density at radius 1 is 1.40 bits per heavy atom. The summed E-state index contributed by atoms with van der Waals surface area (Å²) in [5.74, 6) is -0.766. The monoisotopic (exact) mass is 276 g/mol. The highest BCUT2D eigenvalue weighted by Gasteiger charge is 2.19. The van der Waals surface area contributed by atoms with Crippen molar-refractivity contribution in [2.24, 2.45) is 0 Å². The number of hydrogen-bond donors (Lipinski definition) is 0. The van der Waals surface area contributed by atoms with Gasteiger partial charge in [-0.1, -0.05) is 0 Å². The summed E-state index contributed by atoms with van der Waals surface area (Å²) in [4.78, 5) is 29.0. The average Bonchev–Trinajstić information content (AvgIpc) is 2.79. The molecule has 2 rings (SSSR count). The molecule has 0 unspecified atom stereocenters. The van der Waals surface area contributed by atoms with Gasteiger partial charge in [0.25, 0.3) is 5.91 Å². The smallest absolute Gasteiger partial charge is 0.325 e. The van der Waals surface area contributed by atoms with Crippen LogP contribution in [0, 0.1) is 13.8 Å². The quantitative estimate of drug-likeness (QED) is 0.767. The summed E-state index contributed by atoms with van der Waals surface area (Å²) in [6, 6.07) is 1.83. The van der Waals surface area contributed by atoms with Crippen LogP contribution < -0.4 is 0 Å². The van der Waals surface area contributed by atoms with Crippen LogP contribution in [0.15, 0.2) is 12.3 Å². The molecular formula is C13H16N4O3. The molecule has 0 bridgehead atoms. The zero-order chi connectivity index (χ0) is 14.9. The summed E-state index contributed by atoms with van der Waals surface area (Å²) in [6.07, 6.45) is 1.50. The number of amides is 1. The number of esters is 1. The largest absolute Gasteiger partial charge is 0.468 e. The number of hydrogen-bond acceptors (Lipinski definition) is 5. The maximum atomic E-state index is 12.3. The number of ether oxygens (including phenoxy) is 1. The lowest BCUT2D eigenvalue weighted by Crippen LogP contribution is -2.33. The number of aryl methyl sites for hydroxylation is 2. The van der Waals surface area contributed by atoms with E-state index in [1.165, 1.54) is 25.3 Å². The molecule has 0 saturated carbocycles. The third-order valence-corrected chi connectivity index (χ3v) is 3.02. The van der Waals surface area contributed by atoms with Gasteiger partial charge in [0.1, 0.15) is 6.54 Å². The molecule has 1 amide bonds. The molecule has 7 nitrogen and oxygen atoms in total. The molecule has 20 heavy (non-hydrogen) atoms. The molecule has 2 heterocycles. The Morgan fingerprint density at radius 2 is 2.10 bits per heavy atom. The highest BCUT2D eigenvalue weighted by atomic mass is 16.5. The molecule has 0 atom stereocenters. The van der Waals surface area contributed by atoms with Crippen molar-refractivity contribution in [1.29, 1.82) is 0 Å². The summed E-state index contributed by atoms with van der Waals surface area (Å²) < 4.78 is 6.16. The van der Waals surface area contributed by atoms with Gasteiger partial charge >= 0.3 is 5.97 Å². The van der Waals surface area contributed by atoms with Gasteiger partial charge in [-0.05, 0) is 13.8 Å². The average molecular weight is 276 g/mol. The van der Waals surface area contributed by atoms with E-state index in [1.54, 1.807) is 11.4 Å². The highest BCUT2D eigenvalue weighted by molar-refractivity contribution is 5.96. The van der Waals surface area contributed by atoms with Gasteiger partial charge in [0, 0.05) is 19.3 Å².